The van der Waals surface area contributed by atoms with Crippen molar-refractivity contribution in [1.82, 2.24) is 4.98 Å². The number of hydrogen-bond acceptors (Lipinski definition) is 2. The Hall–Kier alpha value is -1.23. The van der Waals surface area contributed by atoms with Crippen molar-refractivity contribution in [2.45, 2.75) is 12.3 Å². The Morgan fingerprint density at radius 3 is 2.71 bits per heavy atom. The smallest absolute Gasteiger partial charge is 0.265 e. The molecule has 1 aromatic rings. The highest BCUT2D eigenvalue weighted by atomic mass is 35.5. The second kappa shape index (κ2) is 4.32. The molecule has 0 saturated heterocycles. The van der Waals surface area contributed by atoms with Gasteiger partial charge >= 0.3 is 0 Å². The minimum Gasteiger partial charge on any atom is -0.366 e. The van der Waals surface area contributed by atoms with Gasteiger partial charge in [0.1, 0.15) is 0 Å². The van der Waals surface area contributed by atoms with Crippen LogP contribution in [0.1, 0.15) is 28.0 Å². The first-order valence-electron chi connectivity index (χ1n) is 3.69. The standard InChI is InChI=1S/C8H7ClF2N2O/c9-2-6-5(7(10)11)1-4(3-13-6)8(12)14/h1,3,7H,2H2,(H2,12,14). The number of carbonyl (C=O) groups excluding carboxylic acids is 1. The second-order valence-corrected chi connectivity index (χ2v) is 2.83. The molecule has 3 nitrogen and oxygen atoms in total. The van der Waals surface area contributed by atoms with Crippen LogP contribution >= 0.6 is 11.6 Å². The summed E-state index contributed by atoms with van der Waals surface area (Å²) in [5.41, 5.74) is 4.58. The molecule has 0 bridgehead atoms. The lowest BCUT2D eigenvalue weighted by Gasteiger charge is -2.05. The molecular weight excluding hydrogens is 214 g/mol. The van der Waals surface area contributed by atoms with Crippen LogP contribution in [0.5, 0.6) is 0 Å². The zero-order chi connectivity index (χ0) is 10.7. The summed E-state index contributed by atoms with van der Waals surface area (Å²) in [6.07, 6.45) is -1.58. The van der Waals surface area contributed by atoms with Crippen molar-refractivity contribution in [2.24, 2.45) is 5.73 Å². The van der Waals surface area contributed by atoms with E-state index in [1.165, 1.54) is 0 Å². The van der Waals surface area contributed by atoms with E-state index in [9.17, 15) is 13.6 Å². The third-order valence-corrected chi connectivity index (χ3v) is 1.90. The third-order valence-electron chi connectivity index (χ3n) is 1.65. The van der Waals surface area contributed by atoms with E-state index in [4.69, 9.17) is 17.3 Å². The highest BCUT2D eigenvalue weighted by molar-refractivity contribution is 6.17. The number of nitrogens with zero attached hydrogens (tertiary/aromatic N) is 1. The molecule has 1 aromatic heterocycles. The molecule has 76 valence electrons. The molecule has 0 aromatic carbocycles. The number of aromatic nitrogens is 1. The van der Waals surface area contributed by atoms with Crippen molar-refractivity contribution in [3.8, 4) is 0 Å². The molecule has 6 heteroatoms. The SMILES string of the molecule is NC(=O)c1cnc(CCl)c(C(F)F)c1. The molecule has 1 rings (SSSR count). The molecule has 14 heavy (non-hydrogen) atoms. The van der Waals surface area contributed by atoms with Crippen LogP contribution in [-0.4, -0.2) is 10.9 Å². The fourth-order valence-corrected chi connectivity index (χ4v) is 1.17. The Morgan fingerprint density at radius 1 is 1.64 bits per heavy atom. The van der Waals surface area contributed by atoms with Gasteiger partial charge < -0.3 is 5.73 Å². The number of rotatable bonds is 3. The average Bonchev–Trinajstić information content (AvgIpc) is 2.16. The molecule has 2 N–H and O–H groups in total. The number of alkyl halides is 3. The Bertz CT molecular complexity index is 357. The lowest BCUT2D eigenvalue weighted by atomic mass is 10.1. The lowest BCUT2D eigenvalue weighted by molar-refractivity contribution is 0.0999. The van der Waals surface area contributed by atoms with Gasteiger partial charge in [-0.3, -0.25) is 9.78 Å². The van der Waals surface area contributed by atoms with Gasteiger partial charge in [-0.05, 0) is 6.07 Å². The van der Waals surface area contributed by atoms with Crippen molar-refractivity contribution in [2.75, 3.05) is 0 Å². The molecule has 0 spiro atoms. The lowest BCUT2D eigenvalue weighted by Crippen LogP contribution is -2.12. The number of primary amides is 1. The van der Waals surface area contributed by atoms with Gasteiger partial charge in [-0.15, -0.1) is 11.6 Å². The summed E-state index contributed by atoms with van der Waals surface area (Å²) in [5.74, 6) is -0.917. The number of nitrogens with two attached hydrogens (primary N) is 1. The minimum atomic E-state index is -2.71. The molecule has 0 saturated carbocycles. The molecule has 0 aliphatic rings. The van der Waals surface area contributed by atoms with Gasteiger partial charge in [0.25, 0.3) is 6.43 Å². The summed E-state index contributed by atoms with van der Waals surface area (Å²) in [5, 5.41) is 0. The van der Waals surface area contributed by atoms with Gasteiger partial charge in [-0.2, -0.15) is 0 Å². The van der Waals surface area contributed by atoms with Gasteiger partial charge in [0.2, 0.25) is 5.91 Å². The Kier molecular flexibility index (Phi) is 3.35. The first kappa shape index (κ1) is 10.8. The summed E-state index contributed by atoms with van der Waals surface area (Å²) in [7, 11) is 0. The van der Waals surface area contributed by atoms with Crippen molar-refractivity contribution in [1.29, 1.82) is 0 Å². The zero-order valence-electron chi connectivity index (χ0n) is 7.01. The first-order chi connectivity index (χ1) is 6.56. The maximum absolute atomic E-state index is 12.4. The molecule has 1 heterocycles. The van der Waals surface area contributed by atoms with E-state index in [0.717, 1.165) is 12.3 Å². The minimum absolute atomic E-state index is 0.0471. The summed E-state index contributed by atoms with van der Waals surface area (Å²) in [6.45, 7) is 0. The van der Waals surface area contributed by atoms with E-state index in [2.05, 4.69) is 4.98 Å². The predicted octanol–water partition coefficient (Wildman–Crippen LogP) is 1.86. The zero-order valence-corrected chi connectivity index (χ0v) is 7.76. The maximum Gasteiger partial charge on any atom is 0.265 e. The molecule has 0 aliphatic heterocycles. The fraction of sp³-hybridized carbons (Fsp3) is 0.250. The van der Waals surface area contributed by atoms with Crippen molar-refractivity contribution in [3.05, 3.63) is 29.1 Å². The highest BCUT2D eigenvalue weighted by Gasteiger charge is 2.15. The largest absolute Gasteiger partial charge is 0.366 e. The van der Waals surface area contributed by atoms with Gasteiger partial charge in [-0.1, -0.05) is 0 Å². The van der Waals surface area contributed by atoms with Crippen LogP contribution in [0.25, 0.3) is 0 Å². The van der Waals surface area contributed by atoms with Crippen LogP contribution in [0, 0.1) is 0 Å². The summed E-state index contributed by atoms with van der Waals surface area (Å²) in [6, 6.07) is 1.01. The van der Waals surface area contributed by atoms with Crippen LogP contribution in [0.2, 0.25) is 0 Å². The van der Waals surface area contributed by atoms with Gasteiger partial charge in [0.05, 0.1) is 17.1 Å². The molecule has 0 unspecified atom stereocenters. The van der Waals surface area contributed by atoms with E-state index in [1.807, 2.05) is 0 Å². The molecular formula is C8H7ClF2N2O. The van der Waals surface area contributed by atoms with Crippen molar-refractivity contribution >= 4 is 17.5 Å². The van der Waals surface area contributed by atoms with E-state index < -0.39 is 12.3 Å². The van der Waals surface area contributed by atoms with Crippen LogP contribution in [0.15, 0.2) is 12.3 Å². The number of hydrogen-bond donors (Lipinski definition) is 1. The molecule has 1 amide bonds. The summed E-state index contributed by atoms with van der Waals surface area (Å²) < 4.78 is 24.8. The fourth-order valence-electron chi connectivity index (χ4n) is 0.945. The molecule has 0 aliphatic carbocycles. The Balaban J connectivity index is 3.20. The highest BCUT2D eigenvalue weighted by Crippen LogP contribution is 2.23. The quantitative estimate of drug-likeness (QED) is 0.791. The Labute approximate surface area is 83.9 Å². The normalized spacial score (nSPS) is 10.6. The average molecular weight is 221 g/mol. The number of halogens is 3. The van der Waals surface area contributed by atoms with E-state index >= 15 is 0 Å². The van der Waals surface area contributed by atoms with Crippen LogP contribution in [0.3, 0.4) is 0 Å². The molecule has 0 radical (unpaired) electrons. The van der Waals surface area contributed by atoms with Gasteiger partial charge in [0, 0.05) is 11.8 Å². The predicted molar refractivity (Wildman–Crippen MR) is 47.3 cm³/mol. The van der Waals surface area contributed by atoms with Gasteiger partial charge in [-0.25, -0.2) is 8.78 Å². The van der Waals surface area contributed by atoms with Gasteiger partial charge in [0.15, 0.2) is 0 Å². The topological polar surface area (TPSA) is 56.0 Å². The molecule has 0 fully saturated rings. The van der Waals surface area contributed by atoms with Crippen LogP contribution < -0.4 is 5.73 Å². The number of pyridine rings is 1. The Morgan fingerprint density at radius 2 is 2.29 bits per heavy atom. The summed E-state index contributed by atoms with van der Waals surface area (Å²) >= 11 is 5.40. The van der Waals surface area contributed by atoms with Crippen LogP contribution in [0.4, 0.5) is 8.78 Å². The van der Waals surface area contributed by atoms with Crippen molar-refractivity contribution < 1.29 is 13.6 Å². The van der Waals surface area contributed by atoms with E-state index in [-0.39, 0.29) is 22.7 Å². The van der Waals surface area contributed by atoms with Crippen molar-refractivity contribution in [3.63, 3.8) is 0 Å². The maximum atomic E-state index is 12.4. The van der Waals surface area contributed by atoms with E-state index in [1.54, 1.807) is 0 Å². The number of amides is 1. The first-order valence-corrected chi connectivity index (χ1v) is 4.22. The second-order valence-electron chi connectivity index (χ2n) is 2.56. The third kappa shape index (κ3) is 2.17. The number of carbonyl (C=O) groups is 1. The monoisotopic (exact) mass is 220 g/mol. The molecule has 0 atom stereocenters. The summed E-state index contributed by atoms with van der Waals surface area (Å²) in [4.78, 5) is 14.3. The van der Waals surface area contributed by atoms with E-state index in [0.29, 0.717) is 0 Å². The van der Waals surface area contributed by atoms with Crippen LogP contribution in [-0.2, 0) is 5.88 Å².